The minimum Gasteiger partial charge on any atom is -0.416 e. The second kappa shape index (κ2) is 4.68. The Balaban J connectivity index is 1.79. The van der Waals surface area contributed by atoms with Crippen LogP contribution in [0.2, 0.25) is 0 Å². The molecule has 0 aliphatic heterocycles. The number of amides is 1. The number of aromatic amines is 1. The molecule has 0 spiro atoms. The van der Waals surface area contributed by atoms with Gasteiger partial charge in [0.1, 0.15) is 12.0 Å². The van der Waals surface area contributed by atoms with Crippen LogP contribution < -0.4 is 11.1 Å². The number of H-pyrrole nitrogens is 1. The van der Waals surface area contributed by atoms with Crippen LogP contribution in [0.1, 0.15) is 35.2 Å². The molecule has 7 nitrogen and oxygen atoms in total. The molecule has 2 heterocycles. The molecule has 0 bridgehead atoms. The molecule has 1 unspecified atom stereocenters. The zero-order valence-corrected chi connectivity index (χ0v) is 10.00. The molecule has 0 saturated heterocycles. The van der Waals surface area contributed by atoms with Crippen LogP contribution in [0, 0.1) is 5.92 Å². The Hall–Kier alpha value is -2.44. The molecule has 1 saturated carbocycles. The molecule has 2 aromatic rings. The van der Waals surface area contributed by atoms with Crippen molar-refractivity contribution in [1.29, 1.82) is 0 Å². The summed E-state index contributed by atoms with van der Waals surface area (Å²) in [5, 5.41) is 2.83. The maximum Gasteiger partial charge on any atom is 0.416 e. The quantitative estimate of drug-likeness (QED) is 0.840. The van der Waals surface area contributed by atoms with E-state index in [4.69, 9.17) is 0 Å². The first-order chi connectivity index (χ1) is 9.24. The van der Waals surface area contributed by atoms with E-state index in [1.54, 1.807) is 18.5 Å². The third-order valence-electron chi connectivity index (χ3n) is 3.01. The SMILES string of the molecule is O=C(NC(c1ncccn1)C1CC1)c1coc(=O)[nH]1. The Morgan fingerprint density at radius 2 is 2.16 bits per heavy atom. The summed E-state index contributed by atoms with van der Waals surface area (Å²) >= 11 is 0. The van der Waals surface area contributed by atoms with Crippen LogP contribution in [0.5, 0.6) is 0 Å². The highest BCUT2D eigenvalue weighted by atomic mass is 16.4. The van der Waals surface area contributed by atoms with Crippen LogP contribution in [-0.4, -0.2) is 20.9 Å². The first-order valence-electron chi connectivity index (χ1n) is 5.99. The lowest BCUT2D eigenvalue weighted by atomic mass is 10.1. The van der Waals surface area contributed by atoms with E-state index >= 15 is 0 Å². The van der Waals surface area contributed by atoms with Gasteiger partial charge in [-0.3, -0.25) is 9.78 Å². The topological polar surface area (TPSA) is 101 Å². The van der Waals surface area contributed by atoms with Crippen molar-refractivity contribution in [1.82, 2.24) is 20.3 Å². The molecule has 0 aromatic carbocycles. The Morgan fingerprint density at radius 1 is 1.42 bits per heavy atom. The third-order valence-corrected chi connectivity index (χ3v) is 3.01. The van der Waals surface area contributed by atoms with Crippen molar-refractivity contribution in [3.05, 3.63) is 46.8 Å². The minimum atomic E-state index is -0.649. The van der Waals surface area contributed by atoms with Gasteiger partial charge in [-0.05, 0) is 24.8 Å². The van der Waals surface area contributed by atoms with Crippen molar-refractivity contribution in [2.75, 3.05) is 0 Å². The normalized spacial score (nSPS) is 16.0. The van der Waals surface area contributed by atoms with Crippen LogP contribution >= 0.6 is 0 Å². The molecule has 2 N–H and O–H groups in total. The fourth-order valence-electron chi connectivity index (χ4n) is 1.90. The summed E-state index contributed by atoms with van der Waals surface area (Å²) in [5.74, 6) is -0.103. The summed E-state index contributed by atoms with van der Waals surface area (Å²) in [5.41, 5.74) is 0.103. The van der Waals surface area contributed by atoms with Crippen molar-refractivity contribution >= 4 is 5.91 Å². The van der Waals surface area contributed by atoms with Gasteiger partial charge in [-0.2, -0.15) is 0 Å². The molecule has 1 fully saturated rings. The van der Waals surface area contributed by atoms with E-state index in [-0.39, 0.29) is 11.7 Å². The second-order valence-corrected chi connectivity index (χ2v) is 4.46. The van der Waals surface area contributed by atoms with Crippen molar-refractivity contribution in [3.8, 4) is 0 Å². The average Bonchev–Trinajstić information content (AvgIpc) is 3.18. The predicted molar refractivity (Wildman–Crippen MR) is 64.3 cm³/mol. The summed E-state index contributed by atoms with van der Waals surface area (Å²) in [6, 6.07) is 1.50. The van der Waals surface area contributed by atoms with Crippen LogP contribution in [0.25, 0.3) is 0 Å². The zero-order valence-electron chi connectivity index (χ0n) is 10.00. The van der Waals surface area contributed by atoms with Gasteiger partial charge in [0.05, 0.1) is 6.04 Å². The Morgan fingerprint density at radius 3 is 2.74 bits per heavy atom. The van der Waals surface area contributed by atoms with E-state index in [0.29, 0.717) is 11.7 Å². The summed E-state index contributed by atoms with van der Waals surface area (Å²) < 4.78 is 4.55. The van der Waals surface area contributed by atoms with Crippen molar-refractivity contribution in [2.24, 2.45) is 5.92 Å². The molecular weight excluding hydrogens is 248 g/mol. The molecule has 0 radical (unpaired) electrons. The number of hydrogen-bond donors (Lipinski definition) is 2. The van der Waals surface area contributed by atoms with Crippen molar-refractivity contribution < 1.29 is 9.21 Å². The molecule has 7 heteroatoms. The monoisotopic (exact) mass is 260 g/mol. The lowest BCUT2D eigenvalue weighted by Crippen LogP contribution is -2.31. The maximum atomic E-state index is 12.0. The molecule has 2 aromatic heterocycles. The number of aromatic nitrogens is 3. The van der Waals surface area contributed by atoms with Gasteiger partial charge in [0.15, 0.2) is 5.82 Å². The Bertz CT molecular complexity index is 630. The van der Waals surface area contributed by atoms with Gasteiger partial charge < -0.3 is 9.73 Å². The maximum absolute atomic E-state index is 12.0. The summed E-state index contributed by atoms with van der Waals surface area (Å²) in [6.45, 7) is 0. The number of nitrogens with zero attached hydrogens (tertiary/aromatic N) is 2. The van der Waals surface area contributed by atoms with E-state index in [1.807, 2.05) is 0 Å². The van der Waals surface area contributed by atoms with Crippen LogP contribution in [0.3, 0.4) is 0 Å². The lowest BCUT2D eigenvalue weighted by Gasteiger charge is -2.15. The van der Waals surface area contributed by atoms with Gasteiger partial charge in [0, 0.05) is 12.4 Å². The van der Waals surface area contributed by atoms with E-state index in [2.05, 4.69) is 24.7 Å². The number of carbonyl (C=O) groups is 1. The Kier molecular flexibility index (Phi) is 2.86. The van der Waals surface area contributed by atoms with Gasteiger partial charge in [-0.1, -0.05) is 0 Å². The number of hydrogen-bond acceptors (Lipinski definition) is 5. The molecule has 1 amide bonds. The van der Waals surface area contributed by atoms with Gasteiger partial charge in [-0.15, -0.1) is 0 Å². The fourth-order valence-corrected chi connectivity index (χ4v) is 1.90. The first kappa shape index (κ1) is 11.6. The summed E-state index contributed by atoms with van der Waals surface area (Å²) in [4.78, 5) is 33.5. The zero-order chi connectivity index (χ0) is 13.2. The standard InChI is InChI=1S/C12H12N4O3/c17-11(8-6-19-12(18)15-8)16-9(7-2-3-7)10-13-4-1-5-14-10/h1,4-7,9H,2-3H2,(H,15,18)(H,16,17). The molecule has 1 aliphatic carbocycles. The predicted octanol–water partition coefficient (Wildman–Crippen LogP) is 0.639. The van der Waals surface area contributed by atoms with E-state index < -0.39 is 11.7 Å². The smallest absolute Gasteiger partial charge is 0.416 e. The molecule has 1 atom stereocenters. The van der Waals surface area contributed by atoms with E-state index in [9.17, 15) is 9.59 Å². The number of nitrogens with one attached hydrogen (secondary N) is 2. The van der Waals surface area contributed by atoms with Gasteiger partial charge in [0.25, 0.3) is 5.91 Å². The summed E-state index contributed by atoms with van der Waals surface area (Å²) in [7, 11) is 0. The fraction of sp³-hybridized carbons (Fsp3) is 0.333. The lowest BCUT2D eigenvalue weighted by molar-refractivity contribution is 0.0924. The molecule has 19 heavy (non-hydrogen) atoms. The van der Waals surface area contributed by atoms with Crippen molar-refractivity contribution in [3.63, 3.8) is 0 Å². The van der Waals surface area contributed by atoms with Crippen molar-refractivity contribution in [2.45, 2.75) is 18.9 Å². The molecule has 98 valence electrons. The average molecular weight is 260 g/mol. The van der Waals surface area contributed by atoms with Crippen LogP contribution in [-0.2, 0) is 0 Å². The molecular formula is C12H12N4O3. The number of oxazole rings is 1. The van der Waals surface area contributed by atoms with Crippen LogP contribution in [0.15, 0.2) is 33.9 Å². The van der Waals surface area contributed by atoms with Gasteiger partial charge in [-0.25, -0.2) is 14.8 Å². The number of rotatable bonds is 4. The summed E-state index contributed by atoms with van der Waals surface area (Å²) in [6.07, 6.45) is 6.46. The highest BCUT2D eigenvalue weighted by Gasteiger charge is 2.35. The highest BCUT2D eigenvalue weighted by Crippen LogP contribution is 2.39. The first-order valence-corrected chi connectivity index (χ1v) is 5.99. The third kappa shape index (κ3) is 2.54. The van der Waals surface area contributed by atoms with Crippen LogP contribution in [0.4, 0.5) is 0 Å². The molecule has 1 aliphatic rings. The largest absolute Gasteiger partial charge is 0.416 e. The van der Waals surface area contributed by atoms with E-state index in [1.165, 1.54) is 0 Å². The minimum absolute atomic E-state index is 0.103. The van der Waals surface area contributed by atoms with Gasteiger partial charge >= 0.3 is 5.76 Å². The van der Waals surface area contributed by atoms with E-state index in [0.717, 1.165) is 19.1 Å². The second-order valence-electron chi connectivity index (χ2n) is 4.46. The Labute approximate surface area is 108 Å². The van der Waals surface area contributed by atoms with Gasteiger partial charge in [0.2, 0.25) is 0 Å². The molecule has 3 rings (SSSR count). The number of carbonyl (C=O) groups excluding carboxylic acids is 1. The highest BCUT2D eigenvalue weighted by molar-refractivity contribution is 5.92.